The molecule has 0 bridgehead atoms. The van der Waals surface area contributed by atoms with Gasteiger partial charge < -0.3 is 4.90 Å². The average Bonchev–Trinajstić information content (AvgIpc) is 2.25. The summed E-state index contributed by atoms with van der Waals surface area (Å²) in [5.74, 6) is 0.227. The first-order valence-electron chi connectivity index (χ1n) is 6.34. The average molecular weight is 233 g/mol. The van der Waals surface area contributed by atoms with Gasteiger partial charge in [0.15, 0.2) is 0 Å². The van der Waals surface area contributed by atoms with Crippen LogP contribution < -0.4 is 0 Å². The maximum Gasteiger partial charge on any atom is 0.226 e. The fraction of sp³-hybridized carbons (Fsp3) is 0.533. The number of carbonyl (C=O) groups excluding carboxylic acids is 1. The zero-order valence-electron chi connectivity index (χ0n) is 11.6. The Morgan fingerprint density at radius 2 is 1.53 bits per heavy atom. The van der Waals surface area contributed by atoms with Crippen molar-refractivity contribution in [2.45, 2.75) is 41.0 Å². The van der Waals surface area contributed by atoms with Crippen LogP contribution >= 0.6 is 0 Å². The molecule has 0 saturated heterocycles. The van der Waals surface area contributed by atoms with Gasteiger partial charge >= 0.3 is 0 Å². The van der Waals surface area contributed by atoms with E-state index < -0.39 is 0 Å². The lowest BCUT2D eigenvalue weighted by Crippen LogP contribution is -2.32. The summed E-state index contributed by atoms with van der Waals surface area (Å²) in [7, 11) is 0. The first-order valence-corrected chi connectivity index (χ1v) is 6.34. The van der Waals surface area contributed by atoms with Gasteiger partial charge in [-0.3, -0.25) is 4.79 Å². The summed E-state index contributed by atoms with van der Waals surface area (Å²) in [6.07, 6.45) is 0.527. The summed E-state index contributed by atoms with van der Waals surface area (Å²) in [5, 5.41) is 0. The van der Waals surface area contributed by atoms with E-state index in [0.717, 1.165) is 13.1 Å². The van der Waals surface area contributed by atoms with Gasteiger partial charge in [0.2, 0.25) is 5.91 Å². The van der Waals surface area contributed by atoms with Gasteiger partial charge in [0.25, 0.3) is 0 Å². The molecule has 1 aromatic rings. The number of benzene rings is 1. The Labute approximate surface area is 105 Å². The van der Waals surface area contributed by atoms with E-state index in [1.54, 1.807) is 0 Å². The summed E-state index contributed by atoms with van der Waals surface area (Å²) >= 11 is 0. The van der Waals surface area contributed by atoms with Crippen LogP contribution in [0.15, 0.2) is 12.1 Å². The summed E-state index contributed by atoms with van der Waals surface area (Å²) in [4.78, 5) is 14.0. The van der Waals surface area contributed by atoms with E-state index in [4.69, 9.17) is 0 Å². The third kappa shape index (κ3) is 3.32. The Kier molecular flexibility index (Phi) is 4.73. The molecule has 0 atom stereocenters. The van der Waals surface area contributed by atoms with Crippen LogP contribution in [0.25, 0.3) is 0 Å². The minimum atomic E-state index is 0.227. The van der Waals surface area contributed by atoms with Gasteiger partial charge in [-0.25, -0.2) is 0 Å². The quantitative estimate of drug-likeness (QED) is 0.783. The van der Waals surface area contributed by atoms with E-state index in [-0.39, 0.29) is 5.91 Å². The molecule has 0 unspecified atom stereocenters. The molecule has 0 radical (unpaired) electrons. The molecule has 0 fully saturated rings. The number of hydrogen-bond acceptors (Lipinski definition) is 1. The third-order valence-corrected chi connectivity index (χ3v) is 3.28. The molecule has 94 valence electrons. The third-order valence-electron chi connectivity index (χ3n) is 3.28. The van der Waals surface area contributed by atoms with E-state index in [0.29, 0.717) is 6.42 Å². The lowest BCUT2D eigenvalue weighted by molar-refractivity contribution is -0.130. The highest BCUT2D eigenvalue weighted by molar-refractivity contribution is 5.79. The maximum atomic E-state index is 12.1. The predicted molar refractivity (Wildman–Crippen MR) is 72.3 cm³/mol. The summed E-state index contributed by atoms with van der Waals surface area (Å²) in [5.41, 5.74) is 4.90. The normalized spacial score (nSPS) is 10.4. The van der Waals surface area contributed by atoms with Gasteiger partial charge in [0.1, 0.15) is 0 Å². The predicted octanol–water partition coefficient (Wildman–Crippen LogP) is 3.02. The highest BCUT2D eigenvalue weighted by Crippen LogP contribution is 2.17. The minimum Gasteiger partial charge on any atom is -0.343 e. The first kappa shape index (κ1) is 13.8. The van der Waals surface area contributed by atoms with E-state index in [9.17, 15) is 4.79 Å². The van der Waals surface area contributed by atoms with Crippen LogP contribution in [-0.2, 0) is 11.2 Å². The topological polar surface area (TPSA) is 20.3 Å². The fourth-order valence-corrected chi connectivity index (χ4v) is 2.33. The van der Waals surface area contributed by atoms with Gasteiger partial charge in [-0.2, -0.15) is 0 Å². The van der Waals surface area contributed by atoms with Crippen molar-refractivity contribution in [3.63, 3.8) is 0 Å². The number of nitrogens with zero attached hydrogens (tertiary/aromatic N) is 1. The highest BCUT2D eigenvalue weighted by atomic mass is 16.2. The fourth-order valence-electron chi connectivity index (χ4n) is 2.33. The molecule has 0 N–H and O–H groups in total. The standard InChI is InChI=1S/C15H23NO/c1-6-16(7-2)15(17)10-14-12(4)8-11(3)9-13(14)5/h8-9H,6-7,10H2,1-5H3. The van der Waals surface area contributed by atoms with Crippen molar-refractivity contribution >= 4 is 5.91 Å². The molecular formula is C15H23NO. The Bertz CT molecular complexity index is 382. The van der Waals surface area contributed by atoms with Crippen molar-refractivity contribution in [1.82, 2.24) is 4.90 Å². The lowest BCUT2D eigenvalue weighted by Gasteiger charge is -2.20. The van der Waals surface area contributed by atoms with Crippen molar-refractivity contribution in [2.75, 3.05) is 13.1 Å². The summed E-state index contributed by atoms with van der Waals surface area (Å²) in [6, 6.07) is 4.30. The number of rotatable bonds is 4. The number of hydrogen-bond donors (Lipinski definition) is 0. The van der Waals surface area contributed by atoms with Gasteiger partial charge in [-0.05, 0) is 51.3 Å². The Morgan fingerprint density at radius 1 is 1.06 bits per heavy atom. The van der Waals surface area contributed by atoms with Crippen LogP contribution in [0.1, 0.15) is 36.1 Å². The smallest absolute Gasteiger partial charge is 0.226 e. The van der Waals surface area contributed by atoms with Crippen molar-refractivity contribution in [1.29, 1.82) is 0 Å². The Hall–Kier alpha value is -1.31. The number of likely N-dealkylation sites (N-methyl/N-ethyl adjacent to an activating group) is 1. The van der Waals surface area contributed by atoms with Crippen LogP contribution in [0.4, 0.5) is 0 Å². The summed E-state index contributed by atoms with van der Waals surface area (Å²) in [6.45, 7) is 11.9. The molecule has 1 rings (SSSR count). The Balaban J connectivity index is 2.92. The zero-order valence-corrected chi connectivity index (χ0v) is 11.6. The lowest BCUT2D eigenvalue weighted by atomic mass is 9.97. The second-order valence-electron chi connectivity index (χ2n) is 4.62. The van der Waals surface area contributed by atoms with Crippen molar-refractivity contribution in [2.24, 2.45) is 0 Å². The van der Waals surface area contributed by atoms with Crippen LogP contribution in [0.3, 0.4) is 0 Å². The van der Waals surface area contributed by atoms with E-state index in [1.165, 1.54) is 22.3 Å². The van der Waals surface area contributed by atoms with Crippen LogP contribution in [0.5, 0.6) is 0 Å². The molecule has 0 aliphatic carbocycles. The van der Waals surface area contributed by atoms with Gasteiger partial charge in [-0.1, -0.05) is 17.7 Å². The van der Waals surface area contributed by atoms with Crippen molar-refractivity contribution < 1.29 is 4.79 Å². The van der Waals surface area contributed by atoms with Crippen molar-refractivity contribution in [3.8, 4) is 0 Å². The monoisotopic (exact) mass is 233 g/mol. The SMILES string of the molecule is CCN(CC)C(=O)Cc1c(C)cc(C)cc1C. The summed E-state index contributed by atoms with van der Waals surface area (Å²) < 4.78 is 0. The molecule has 17 heavy (non-hydrogen) atoms. The van der Waals surface area contributed by atoms with Gasteiger partial charge in [0.05, 0.1) is 6.42 Å². The van der Waals surface area contributed by atoms with Crippen LogP contribution in [-0.4, -0.2) is 23.9 Å². The number of carbonyl (C=O) groups is 1. The van der Waals surface area contributed by atoms with Gasteiger partial charge in [-0.15, -0.1) is 0 Å². The first-order chi connectivity index (χ1) is 7.99. The van der Waals surface area contributed by atoms with E-state index in [2.05, 4.69) is 32.9 Å². The second-order valence-corrected chi connectivity index (χ2v) is 4.62. The van der Waals surface area contributed by atoms with E-state index >= 15 is 0 Å². The molecule has 2 heteroatoms. The van der Waals surface area contributed by atoms with Gasteiger partial charge in [0, 0.05) is 13.1 Å². The molecule has 2 nitrogen and oxygen atoms in total. The number of aryl methyl sites for hydroxylation is 3. The molecule has 0 spiro atoms. The molecule has 0 saturated carbocycles. The zero-order chi connectivity index (χ0) is 13.0. The van der Waals surface area contributed by atoms with Crippen LogP contribution in [0.2, 0.25) is 0 Å². The highest BCUT2D eigenvalue weighted by Gasteiger charge is 2.13. The molecular weight excluding hydrogens is 210 g/mol. The molecule has 0 aliphatic heterocycles. The molecule has 0 aromatic heterocycles. The largest absolute Gasteiger partial charge is 0.343 e. The maximum absolute atomic E-state index is 12.1. The minimum absolute atomic E-state index is 0.227. The van der Waals surface area contributed by atoms with Crippen LogP contribution in [0, 0.1) is 20.8 Å². The molecule has 1 amide bonds. The van der Waals surface area contributed by atoms with Crippen molar-refractivity contribution in [3.05, 3.63) is 34.4 Å². The Morgan fingerprint density at radius 3 is 1.94 bits per heavy atom. The molecule has 1 aromatic carbocycles. The molecule has 0 heterocycles. The molecule has 0 aliphatic rings. The van der Waals surface area contributed by atoms with E-state index in [1.807, 2.05) is 18.7 Å². The second kappa shape index (κ2) is 5.85. The number of amides is 1.